The highest BCUT2D eigenvalue weighted by Gasteiger charge is 2.26. The minimum Gasteiger partial charge on any atom is -0.377 e. The van der Waals surface area contributed by atoms with E-state index in [-0.39, 0.29) is 18.0 Å². The Hall–Kier alpha value is 0.790. The number of halogens is 3. The highest BCUT2D eigenvalue weighted by molar-refractivity contribution is 6.18. The van der Waals surface area contributed by atoms with Crippen molar-refractivity contribution in [1.29, 1.82) is 0 Å². The molecule has 2 N–H and O–H groups in total. The molecule has 0 fully saturated rings. The van der Waals surface area contributed by atoms with Crippen LogP contribution in [-0.4, -0.2) is 31.0 Å². The van der Waals surface area contributed by atoms with E-state index in [1.165, 1.54) is 0 Å². The van der Waals surface area contributed by atoms with Gasteiger partial charge in [0.2, 0.25) is 0 Å². The van der Waals surface area contributed by atoms with Crippen LogP contribution in [-0.2, 0) is 4.74 Å². The van der Waals surface area contributed by atoms with Crippen LogP contribution in [0.2, 0.25) is 0 Å². The van der Waals surface area contributed by atoms with Crippen LogP contribution in [0.25, 0.3) is 0 Å². The number of ether oxygens (including phenoxy) is 1. The summed E-state index contributed by atoms with van der Waals surface area (Å²) >= 11 is 11.2. The highest BCUT2D eigenvalue weighted by atomic mass is 35.5. The quantitative estimate of drug-likeness (QED) is 0.716. The van der Waals surface area contributed by atoms with Gasteiger partial charge in [0.25, 0.3) is 0 Å². The van der Waals surface area contributed by atoms with E-state index >= 15 is 0 Å². The average Bonchev–Trinajstić information content (AvgIpc) is 2.04. The fraction of sp³-hybridized carbons (Fsp3) is 1.00. The molecule has 0 aromatic carbocycles. The zero-order valence-corrected chi connectivity index (χ0v) is 9.51. The highest BCUT2D eigenvalue weighted by Crippen LogP contribution is 2.19. The van der Waals surface area contributed by atoms with Crippen molar-refractivity contribution in [3.05, 3.63) is 0 Å². The molecule has 0 heterocycles. The molecule has 0 aromatic heterocycles. The van der Waals surface area contributed by atoms with Crippen LogP contribution in [0.5, 0.6) is 0 Å². The topological polar surface area (TPSA) is 35.2 Å². The predicted octanol–water partition coefficient (Wildman–Crippen LogP) is 2.01. The van der Waals surface area contributed by atoms with Crippen LogP contribution >= 0.6 is 35.6 Å². The van der Waals surface area contributed by atoms with Gasteiger partial charge in [-0.1, -0.05) is 0 Å². The van der Waals surface area contributed by atoms with Crippen molar-refractivity contribution in [1.82, 2.24) is 0 Å². The largest absolute Gasteiger partial charge is 0.377 e. The summed E-state index contributed by atoms with van der Waals surface area (Å²) in [6.07, 6.45) is 1.52. The number of alkyl halides is 2. The number of hydrogen-bond acceptors (Lipinski definition) is 2. The molecule has 0 bridgehead atoms. The van der Waals surface area contributed by atoms with Crippen LogP contribution in [0, 0.1) is 0 Å². The van der Waals surface area contributed by atoms with E-state index in [1.807, 2.05) is 0 Å². The standard InChI is InChI=1S/C7H15Cl2NO.ClH/c1-11-7(6-10,2-4-8)3-5-9;/h2-6,10H2,1H3;1H. The van der Waals surface area contributed by atoms with Crippen molar-refractivity contribution < 1.29 is 4.74 Å². The maximum Gasteiger partial charge on any atom is 0.0823 e. The molecule has 0 aromatic rings. The summed E-state index contributed by atoms with van der Waals surface area (Å²) < 4.78 is 5.27. The summed E-state index contributed by atoms with van der Waals surface area (Å²) in [6, 6.07) is 0. The number of rotatable bonds is 6. The second kappa shape index (κ2) is 8.39. The van der Waals surface area contributed by atoms with E-state index in [1.54, 1.807) is 7.11 Å². The monoisotopic (exact) mass is 235 g/mol. The lowest BCUT2D eigenvalue weighted by Gasteiger charge is -2.29. The zero-order chi connectivity index (χ0) is 8.74. The van der Waals surface area contributed by atoms with Gasteiger partial charge in [-0.15, -0.1) is 35.6 Å². The van der Waals surface area contributed by atoms with E-state index in [0.29, 0.717) is 18.3 Å². The molecule has 0 atom stereocenters. The predicted molar refractivity (Wildman–Crippen MR) is 56.7 cm³/mol. The third-order valence-electron chi connectivity index (χ3n) is 1.91. The summed E-state index contributed by atoms with van der Waals surface area (Å²) in [6.45, 7) is 0.475. The van der Waals surface area contributed by atoms with E-state index in [2.05, 4.69) is 0 Å². The lowest BCUT2D eigenvalue weighted by atomic mass is 9.97. The van der Waals surface area contributed by atoms with E-state index in [9.17, 15) is 0 Å². The molecule has 0 aliphatic heterocycles. The average molecular weight is 237 g/mol. The van der Waals surface area contributed by atoms with Gasteiger partial charge < -0.3 is 10.5 Å². The van der Waals surface area contributed by atoms with Crippen LogP contribution in [0.15, 0.2) is 0 Å². The SMILES string of the molecule is COC(CN)(CCCl)CCCl.Cl. The van der Waals surface area contributed by atoms with Gasteiger partial charge in [0, 0.05) is 25.4 Å². The number of nitrogens with two attached hydrogens (primary N) is 1. The Morgan fingerprint density at radius 2 is 1.67 bits per heavy atom. The first kappa shape index (κ1) is 15.3. The van der Waals surface area contributed by atoms with Crippen molar-refractivity contribution >= 4 is 35.6 Å². The van der Waals surface area contributed by atoms with Gasteiger partial charge in [0.05, 0.1) is 5.60 Å². The Morgan fingerprint density at radius 1 is 1.25 bits per heavy atom. The van der Waals surface area contributed by atoms with E-state index in [0.717, 1.165) is 12.8 Å². The molecule has 0 spiro atoms. The van der Waals surface area contributed by atoms with Gasteiger partial charge >= 0.3 is 0 Å². The Morgan fingerprint density at radius 3 is 1.83 bits per heavy atom. The lowest BCUT2D eigenvalue weighted by Crippen LogP contribution is -2.40. The summed E-state index contributed by atoms with van der Waals surface area (Å²) in [5, 5.41) is 0. The van der Waals surface area contributed by atoms with Crippen LogP contribution < -0.4 is 5.73 Å². The molecule has 0 rings (SSSR count). The molecule has 0 amide bonds. The van der Waals surface area contributed by atoms with Gasteiger partial charge in [0.15, 0.2) is 0 Å². The van der Waals surface area contributed by atoms with Crippen molar-refractivity contribution in [3.8, 4) is 0 Å². The van der Waals surface area contributed by atoms with E-state index < -0.39 is 0 Å². The molecule has 2 nitrogen and oxygen atoms in total. The molecule has 0 aliphatic rings. The summed E-state index contributed by atoms with van der Waals surface area (Å²) in [7, 11) is 1.64. The molecular weight excluding hydrogens is 220 g/mol. The molecule has 0 aliphatic carbocycles. The first-order valence-corrected chi connectivity index (χ1v) is 4.68. The molecular formula is C7H16Cl3NO. The Kier molecular flexibility index (Phi) is 10.7. The molecule has 76 valence electrons. The second-order valence-electron chi connectivity index (χ2n) is 2.47. The Labute approximate surface area is 90.1 Å². The smallest absolute Gasteiger partial charge is 0.0823 e. The maximum atomic E-state index is 5.60. The van der Waals surface area contributed by atoms with Crippen LogP contribution in [0.3, 0.4) is 0 Å². The minimum absolute atomic E-state index is 0. The van der Waals surface area contributed by atoms with Gasteiger partial charge in [-0.05, 0) is 12.8 Å². The molecule has 5 heteroatoms. The zero-order valence-electron chi connectivity index (χ0n) is 7.19. The van der Waals surface area contributed by atoms with Crippen molar-refractivity contribution in [2.24, 2.45) is 5.73 Å². The van der Waals surface area contributed by atoms with Gasteiger partial charge in [-0.25, -0.2) is 0 Å². The molecule has 0 saturated carbocycles. The third-order valence-corrected chi connectivity index (χ3v) is 2.28. The third kappa shape index (κ3) is 4.73. The van der Waals surface area contributed by atoms with Gasteiger partial charge in [-0.3, -0.25) is 0 Å². The summed E-state index contributed by atoms with van der Waals surface area (Å²) in [5.74, 6) is 1.11. The first-order valence-electron chi connectivity index (χ1n) is 3.62. The molecule has 0 saturated heterocycles. The Balaban J connectivity index is 0. The van der Waals surface area contributed by atoms with Crippen molar-refractivity contribution in [3.63, 3.8) is 0 Å². The Bertz CT molecular complexity index is 90.7. The maximum absolute atomic E-state index is 5.60. The number of hydrogen-bond donors (Lipinski definition) is 1. The fourth-order valence-electron chi connectivity index (χ4n) is 0.961. The summed E-state index contributed by atoms with van der Waals surface area (Å²) in [5.41, 5.74) is 5.25. The first-order chi connectivity index (χ1) is 5.24. The second-order valence-corrected chi connectivity index (χ2v) is 3.23. The number of methoxy groups -OCH3 is 1. The fourth-order valence-corrected chi connectivity index (χ4v) is 1.65. The van der Waals surface area contributed by atoms with Crippen LogP contribution in [0.1, 0.15) is 12.8 Å². The minimum atomic E-state index is -0.302. The van der Waals surface area contributed by atoms with Gasteiger partial charge in [-0.2, -0.15) is 0 Å². The lowest BCUT2D eigenvalue weighted by molar-refractivity contribution is -0.00733. The van der Waals surface area contributed by atoms with E-state index in [4.69, 9.17) is 33.7 Å². The van der Waals surface area contributed by atoms with Crippen LogP contribution in [0.4, 0.5) is 0 Å². The van der Waals surface area contributed by atoms with Gasteiger partial charge in [0.1, 0.15) is 0 Å². The molecule has 12 heavy (non-hydrogen) atoms. The van der Waals surface area contributed by atoms with Crippen molar-refractivity contribution in [2.75, 3.05) is 25.4 Å². The molecule has 0 unspecified atom stereocenters. The molecule has 0 radical (unpaired) electrons. The van der Waals surface area contributed by atoms with Crippen molar-refractivity contribution in [2.45, 2.75) is 18.4 Å². The normalized spacial score (nSPS) is 11.0. The summed E-state index contributed by atoms with van der Waals surface area (Å²) in [4.78, 5) is 0.